The molecule has 1 N–H and O–H groups in total. The van der Waals surface area contributed by atoms with Crippen LogP contribution in [-0.2, 0) is 18.4 Å². The molecule has 1 rings (SSSR count). The molecule has 1 amide bonds. The summed E-state index contributed by atoms with van der Waals surface area (Å²) in [5.74, 6) is -0.0196. The molecule has 0 saturated carbocycles. The molecular formula is C8H13N3O. The van der Waals surface area contributed by atoms with Crippen LogP contribution in [0.4, 0.5) is 0 Å². The highest BCUT2D eigenvalue weighted by Gasteiger charge is 2.01. The summed E-state index contributed by atoms with van der Waals surface area (Å²) in [6, 6.07) is 1.95. The molecule has 0 aliphatic rings. The number of rotatable bonds is 2. The van der Waals surface area contributed by atoms with E-state index in [1.54, 1.807) is 4.68 Å². The molecule has 4 heteroatoms. The Bertz CT molecular complexity index is 290. The van der Waals surface area contributed by atoms with Crippen LogP contribution in [0.5, 0.6) is 0 Å². The molecule has 0 aliphatic heterocycles. The minimum Gasteiger partial charge on any atom is -0.351 e. The van der Waals surface area contributed by atoms with Gasteiger partial charge in [0.1, 0.15) is 0 Å². The van der Waals surface area contributed by atoms with Gasteiger partial charge in [-0.15, -0.1) is 0 Å². The van der Waals surface area contributed by atoms with Gasteiger partial charge in [-0.05, 0) is 13.0 Å². The molecule has 0 bridgehead atoms. The van der Waals surface area contributed by atoms with E-state index in [1.165, 1.54) is 6.92 Å². The summed E-state index contributed by atoms with van der Waals surface area (Å²) in [6.45, 7) is 3.98. The van der Waals surface area contributed by atoms with Gasteiger partial charge in [0, 0.05) is 14.0 Å². The van der Waals surface area contributed by atoms with Crippen molar-refractivity contribution in [3.8, 4) is 0 Å². The van der Waals surface area contributed by atoms with E-state index in [9.17, 15) is 4.79 Å². The number of hydrogen-bond donors (Lipinski definition) is 1. The summed E-state index contributed by atoms with van der Waals surface area (Å²) in [5, 5.41) is 6.87. The highest BCUT2D eigenvalue weighted by molar-refractivity contribution is 5.72. The predicted octanol–water partition coefficient (Wildman–Crippen LogP) is 0.365. The van der Waals surface area contributed by atoms with Gasteiger partial charge in [-0.25, -0.2) is 0 Å². The Kier molecular flexibility index (Phi) is 2.47. The lowest BCUT2D eigenvalue weighted by atomic mass is 10.3. The van der Waals surface area contributed by atoms with E-state index in [0.717, 1.165) is 11.4 Å². The summed E-state index contributed by atoms with van der Waals surface area (Å²) in [6.07, 6.45) is 0. The van der Waals surface area contributed by atoms with Crippen molar-refractivity contribution in [2.24, 2.45) is 7.05 Å². The first-order valence-corrected chi connectivity index (χ1v) is 3.83. The van der Waals surface area contributed by atoms with Gasteiger partial charge in [-0.2, -0.15) is 5.10 Å². The molecule has 1 heterocycles. The highest BCUT2D eigenvalue weighted by atomic mass is 16.1. The molecule has 4 nitrogen and oxygen atoms in total. The van der Waals surface area contributed by atoms with Gasteiger partial charge in [-0.3, -0.25) is 9.48 Å². The molecule has 0 radical (unpaired) electrons. The van der Waals surface area contributed by atoms with E-state index in [4.69, 9.17) is 0 Å². The van der Waals surface area contributed by atoms with Crippen LogP contribution < -0.4 is 5.32 Å². The number of nitrogens with one attached hydrogen (secondary N) is 1. The summed E-state index contributed by atoms with van der Waals surface area (Å²) in [5.41, 5.74) is 1.99. The van der Waals surface area contributed by atoms with Crippen molar-refractivity contribution in [2.75, 3.05) is 0 Å². The second-order valence-corrected chi connectivity index (χ2v) is 2.81. The standard InChI is InChI=1S/C8H13N3O/c1-6-4-8(11(3)10-6)5-9-7(2)12/h4H,5H2,1-3H3,(H,9,12). The van der Waals surface area contributed by atoms with Crippen molar-refractivity contribution in [1.82, 2.24) is 15.1 Å². The SMILES string of the molecule is CC(=O)NCc1cc(C)nn1C. The first-order valence-electron chi connectivity index (χ1n) is 3.83. The molecule has 0 spiro atoms. The van der Waals surface area contributed by atoms with Crippen LogP contribution in [0.1, 0.15) is 18.3 Å². The Morgan fingerprint density at radius 3 is 2.83 bits per heavy atom. The van der Waals surface area contributed by atoms with Crippen LogP contribution in [0, 0.1) is 6.92 Å². The Morgan fingerprint density at radius 2 is 2.42 bits per heavy atom. The minimum absolute atomic E-state index is 0.0196. The fraction of sp³-hybridized carbons (Fsp3) is 0.500. The number of nitrogens with zero attached hydrogens (tertiary/aromatic N) is 2. The van der Waals surface area contributed by atoms with Gasteiger partial charge in [0.05, 0.1) is 17.9 Å². The largest absolute Gasteiger partial charge is 0.351 e. The maximum Gasteiger partial charge on any atom is 0.217 e. The fourth-order valence-corrected chi connectivity index (χ4v) is 1.04. The average molecular weight is 167 g/mol. The zero-order chi connectivity index (χ0) is 9.14. The third kappa shape index (κ3) is 2.08. The van der Waals surface area contributed by atoms with Crippen molar-refractivity contribution in [3.05, 3.63) is 17.5 Å². The number of hydrogen-bond acceptors (Lipinski definition) is 2. The number of carbonyl (C=O) groups is 1. The maximum atomic E-state index is 10.6. The van der Waals surface area contributed by atoms with Gasteiger partial charge in [-0.1, -0.05) is 0 Å². The third-order valence-electron chi connectivity index (χ3n) is 1.62. The molecule has 0 saturated heterocycles. The lowest BCUT2D eigenvalue weighted by molar-refractivity contribution is -0.119. The lowest BCUT2D eigenvalue weighted by Gasteiger charge is -2.01. The smallest absolute Gasteiger partial charge is 0.217 e. The van der Waals surface area contributed by atoms with E-state index in [0.29, 0.717) is 6.54 Å². The highest BCUT2D eigenvalue weighted by Crippen LogP contribution is 2.00. The van der Waals surface area contributed by atoms with Crippen LogP contribution >= 0.6 is 0 Å². The van der Waals surface area contributed by atoms with E-state index >= 15 is 0 Å². The van der Waals surface area contributed by atoms with Crippen molar-refractivity contribution in [3.63, 3.8) is 0 Å². The average Bonchev–Trinajstić information content (AvgIpc) is 2.26. The molecule has 0 aromatic carbocycles. The molecule has 1 aromatic rings. The van der Waals surface area contributed by atoms with Crippen molar-refractivity contribution in [1.29, 1.82) is 0 Å². The van der Waals surface area contributed by atoms with Crippen LogP contribution in [0.15, 0.2) is 6.07 Å². The monoisotopic (exact) mass is 167 g/mol. The zero-order valence-electron chi connectivity index (χ0n) is 7.59. The Hall–Kier alpha value is -1.32. The number of aromatic nitrogens is 2. The second-order valence-electron chi connectivity index (χ2n) is 2.81. The first-order chi connectivity index (χ1) is 5.59. The van der Waals surface area contributed by atoms with Crippen LogP contribution in [0.3, 0.4) is 0 Å². The summed E-state index contributed by atoms with van der Waals surface area (Å²) < 4.78 is 1.77. The number of carbonyl (C=O) groups excluding carboxylic acids is 1. The number of aryl methyl sites for hydroxylation is 2. The fourth-order valence-electron chi connectivity index (χ4n) is 1.04. The summed E-state index contributed by atoms with van der Waals surface area (Å²) in [7, 11) is 1.87. The van der Waals surface area contributed by atoms with E-state index in [-0.39, 0.29) is 5.91 Å². The van der Waals surface area contributed by atoms with Gasteiger partial charge in [0.25, 0.3) is 0 Å². The molecule has 1 aromatic heterocycles. The van der Waals surface area contributed by atoms with Gasteiger partial charge >= 0.3 is 0 Å². The van der Waals surface area contributed by atoms with Crippen molar-refractivity contribution >= 4 is 5.91 Å². The quantitative estimate of drug-likeness (QED) is 0.691. The molecule has 0 atom stereocenters. The molecule has 0 aliphatic carbocycles. The normalized spacial score (nSPS) is 9.92. The van der Waals surface area contributed by atoms with Gasteiger partial charge < -0.3 is 5.32 Å². The minimum atomic E-state index is -0.0196. The third-order valence-corrected chi connectivity index (χ3v) is 1.62. The lowest BCUT2D eigenvalue weighted by Crippen LogP contribution is -2.20. The van der Waals surface area contributed by atoms with E-state index in [2.05, 4.69) is 10.4 Å². The second kappa shape index (κ2) is 3.38. The Morgan fingerprint density at radius 1 is 1.75 bits per heavy atom. The maximum absolute atomic E-state index is 10.6. The van der Waals surface area contributed by atoms with Crippen LogP contribution in [-0.4, -0.2) is 15.7 Å². The van der Waals surface area contributed by atoms with Crippen molar-refractivity contribution < 1.29 is 4.79 Å². The van der Waals surface area contributed by atoms with Gasteiger partial charge in [0.15, 0.2) is 0 Å². The number of amides is 1. The topological polar surface area (TPSA) is 46.9 Å². The summed E-state index contributed by atoms with van der Waals surface area (Å²) in [4.78, 5) is 10.6. The van der Waals surface area contributed by atoms with Crippen LogP contribution in [0.25, 0.3) is 0 Å². The first kappa shape index (κ1) is 8.77. The molecule has 12 heavy (non-hydrogen) atoms. The summed E-state index contributed by atoms with van der Waals surface area (Å²) >= 11 is 0. The Balaban J connectivity index is 2.62. The van der Waals surface area contributed by atoms with Crippen LogP contribution in [0.2, 0.25) is 0 Å². The molecule has 0 unspecified atom stereocenters. The molecule has 66 valence electrons. The molecule has 0 fully saturated rings. The predicted molar refractivity (Wildman–Crippen MR) is 45.5 cm³/mol. The Labute approximate surface area is 71.6 Å². The van der Waals surface area contributed by atoms with E-state index in [1.807, 2.05) is 20.0 Å². The van der Waals surface area contributed by atoms with Gasteiger partial charge in [0.2, 0.25) is 5.91 Å². The van der Waals surface area contributed by atoms with E-state index < -0.39 is 0 Å². The zero-order valence-corrected chi connectivity index (χ0v) is 7.59. The van der Waals surface area contributed by atoms with Crippen molar-refractivity contribution in [2.45, 2.75) is 20.4 Å². The molecular weight excluding hydrogens is 154 g/mol.